The maximum Gasteiger partial charge on any atom is 0.311 e. The maximum absolute atomic E-state index is 13.2. The zero-order valence-electron chi connectivity index (χ0n) is 30.3. The van der Waals surface area contributed by atoms with E-state index in [1.165, 1.54) is 18.2 Å². The fourth-order valence-corrected chi connectivity index (χ4v) is 5.31. The maximum atomic E-state index is 13.2. The van der Waals surface area contributed by atoms with Gasteiger partial charge in [0.15, 0.2) is 11.9 Å². The molecule has 0 radical (unpaired) electrons. The molecule has 51 heavy (non-hydrogen) atoms. The van der Waals surface area contributed by atoms with Gasteiger partial charge in [0.2, 0.25) is 0 Å². The number of Topliss-reactive ketones (excluding diaryl/α,β-unsaturated/α-hetero) is 1. The summed E-state index contributed by atoms with van der Waals surface area (Å²) >= 11 is 0. The van der Waals surface area contributed by atoms with Crippen molar-refractivity contribution in [3.05, 3.63) is 149 Å². The molecule has 1 atom stereocenters. The molecular formula is C44H48O7. The summed E-state index contributed by atoms with van der Waals surface area (Å²) in [6.07, 6.45) is 22.2. The zero-order valence-corrected chi connectivity index (χ0v) is 30.3. The molecule has 1 aliphatic carbocycles. The Balaban J connectivity index is 1.51. The van der Waals surface area contributed by atoms with Crippen molar-refractivity contribution < 1.29 is 34.1 Å². The van der Waals surface area contributed by atoms with Crippen LogP contribution in [0.5, 0.6) is 17.2 Å². The number of allylic oxidation sites excluding steroid dienone is 14. The number of benzene rings is 2. The van der Waals surface area contributed by atoms with Crippen LogP contribution in [-0.4, -0.2) is 34.0 Å². The van der Waals surface area contributed by atoms with Gasteiger partial charge in [-0.05, 0) is 79.6 Å². The number of esters is 2. The number of hydrogen-bond acceptors (Lipinski definition) is 7. The zero-order chi connectivity index (χ0) is 37.6. The summed E-state index contributed by atoms with van der Waals surface area (Å²) in [6.45, 7) is 15.5. The summed E-state index contributed by atoms with van der Waals surface area (Å²) in [4.78, 5) is 38.4. The molecule has 2 aromatic carbocycles. The van der Waals surface area contributed by atoms with Crippen molar-refractivity contribution in [2.45, 2.75) is 66.9 Å². The van der Waals surface area contributed by atoms with E-state index in [2.05, 4.69) is 6.58 Å². The van der Waals surface area contributed by atoms with Gasteiger partial charge in [-0.25, -0.2) is 0 Å². The Kier molecular flexibility index (Phi) is 14.7. The van der Waals surface area contributed by atoms with E-state index in [0.29, 0.717) is 23.3 Å². The SMILES string of the molecule is C=CC(C)=CC=CC=C(C)C=CC=C(C)C=CC1=C(C)C(=O)C(OC(=O)CCC(=O)Oc2ccc(C=Cc3cc(O)cc(O)c3)cc2)CC1(C)C. The normalized spacial score (nSPS) is 17.3. The van der Waals surface area contributed by atoms with Crippen LogP contribution < -0.4 is 4.74 Å². The quantitative estimate of drug-likeness (QED) is 0.0880. The molecular weight excluding hydrogens is 640 g/mol. The minimum Gasteiger partial charge on any atom is -0.508 e. The highest BCUT2D eigenvalue weighted by atomic mass is 16.6. The van der Waals surface area contributed by atoms with Crippen LogP contribution >= 0.6 is 0 Å². The predicted octanol–water partition coefficient (Wildman–Crippen LogP) is 9.87. The fourth-order valence-electron chi connectivity index (χ4n) is 5.31. The molecule has 2 N–H and O–H groups in total. The number of carbonyl (C=O) groups is 3. The number of phenols is 2. The molecule has 7 heteroatoms. The first-order chi connectivity index (χ1) is 24.2. The van der Waals surface area contributed by atoms with E-state index in [9.17, 15) is 24.6 Å². The Bertz CT molecular complexity index is 1830. The molecule has 0 aliphatic heterocycles. The Morgan fingerprint density at radius 2 is 1.37 bits per heavy atom. The first-order valence-electron chi connectivity index (χ1n) is 16.8. The smallest absolute Gasteiger partial charge is 0.311 e. The van der Waals surface area contributed by atoms with E-state index < -0.39 is 23.5 Å². The third-order valence-corrected chi connectivity index (χ3v) is 8.19. The van der Waals surface area contributed by atoms with Crippen molar-refractivity contribution in [1.29, 1.82) is 0 Å². The molecule has 0 heterocycles. The molecule has 1 aliphatic rings. The highest BCUT2D eigenvalue weighted by molar-refractivity contribution is 6.01. The third-order valence-electron chi connectivity index (χ3n) is 8.19. The molecule has 0 bridgehead atoms. The van der Waals surface area contributed by atoms with Crippen LogP contribution in [0.15, 0.2) is 138 Å². The number of phenolic OH excluding ortho intramolecular Hbond substituents is 2. The predicted molar refractivity (Wildman–Crippen MR) is 205 cm³/mol. The molecule has 0 saturated carbocycles. The van der Waals surface area contributed by atoms with Crippen LogP contribution in [0.2, 0.25) is 0 Å². The van der Waals surface area contributed by atoms with Gasteiger partial charge in [0.05, 0.1) is 12.8 Å². The lowest BCUT2D eigenvalue weighted by Gasteiger charge is -2.36. The van der Waals surface area contributed by atoms with Gasteiger partial charge in [-0.1, -0.05) is 122 Å². The second kappa shape index (κ2) is 18.9. The van der Waals surface area contributed by atoms with E-state index in [0.717, 1.165) is 27.9 Å². The molecule has 0 fully saturated rings. The standard InChI is InChI=1S/C44H48O7/c1-8-30(2)12-9-10-13-31(3)14-11-15-32(4)16-23-39-33(5)43(49)40(29-44(39,6)7)51-42(48)25-24-41(47)50-38-21-19-34(20-22-38)17-18-35-26-36(45)28-37(46)27-35/h8-23,26-28,40,45-46H,1,24-25,29H2,2-7H3. The second-order valence-corrected chi connectivity index (χ2v) is 13.1. The number of rotatable bonds is 14. The Morgan fingerprint density at radius 3 is 2.02 bits per heavy atom. The van der Waals surface area contributed by atoms with Crippen LogP contribution in [-0.2, 0) is 19.1 Å². The molecule has 0 saturated heterocycles. The Hall–Kier alpha value is -5.69. The average molecular weight is 689 g/mol. The molecule has 0 spiro atoms. The lowest BCUT2D eigenvalue weighted by molar-refractivity contribution is -0.157. The van der Waals surface area contributed by atoms with Gasteiger partial charge in [-0.15, -0.1) is 0 Å². The monoisotopic (exact) mass is 688 g/mol. The number of ketones is 1. The Morgan fingerprint density at radius 1 is 0.804 bits per heavy atom. The fraction of sp³-hybridized carbons (Fsp3) is 0.250. The van der Waals surface area contributed by atoms with Gasteiger partial charge < -0.3 is 19.7 Å². The van der Waals surface area contributed by atoms with E-state index in [1.54, 1.807) is 49.4 Å². The molecule has 3 rings (SSSR count). The first kappa shape index (κ1) is 39.7. The van der Waals surface area contributed by atoms with Gasteiger partial charge in [0.1, 0.15) is 17.2 Å². The highest BCUT2D eigenvalue weighted by Crippen LogP contribution is 2.41. The largest absolute Gasteiger partial charge is 0.508 e. The van der Waals surface area contributed by atoms with E-state index in [1.807, 2.05) is 89.3 Å². The van der Waals surface area contributed by atoms with Crippen LogP contribution in [0.3, 0.4) is 0 Å². The minimum atomic E-state index is -0.926. The molecule has 0 amide bonds. The van der Waals surface area contributed by atoms with E-state index in [4.69, 9.17) is 9.47 Å². The van der Waals surface area contributed by atoms with Crippen molar-refractivity contribution in [3.63, 3.8) is 0 Å². The van der Waals surface area contributed by atoms with E-state index >= 15 is 0 Å². The van der Waals surface area contributed by atoms with Crippen LogP contribution in [0.25, 0.3) is 12.2 Å². The van der Waals surface area contributed by atoms with E-state index in [-0.39, 0.29) is 30.1 Å². The summed E-state index contributed by atoms with van der Waals surface area (Å²) in [7, 11) is 0. The number of aromatic hydroxyl groups is 2. The lowest BCUT2D eigenvalue weighted by atomic mass is 9.71. The van der Waals surface area contributed by atoms with Crippen molar-refractivity contribution in [1.82, 2.24) is 0 Å². The average Bonchev–Trinajstić information content (AvgIpc) is 3.07. The summed E-state index contributed by atoms with van der Waals surface area (Å²) in [5, 5.41) is 19.2. The van der Waals surface area contributed by atoms with Gasteiger partial charge in [0, 0.05) is 12.5 Å². The molecule has 1 unspecified atom stereocenters. The van der Waals surface area contributed by atoms with Gasteiger partial charge >= 0.3 is 11.9 Å². The summed E-state index contributed by atoms with van der Waals surface area (Å²) in [5.74, 6) is -1.25. The summed E-state index contributed by atoms with van der Waals surface area (Å²) in [5.41, 5.74) is 5.66. The first-order valence-corrected chi connectivity index (χ1v) is 16.8. The van der Waals surface area contributed by atoms with Crippen LogP contribution in [0.4, 0.5) is 0 Å². The molecule has 0 aromatic heterocycles. The van der Waals surface area contributed by atoms with Crippen molar-refractivity contribution in [2.75, 3.05) is 0 Å². The van der Waals surface area contributed by atoms with Crippen LogP contribution in [0.1, 0.15) is 71.9 Å². The molecule has 7 nitrogen and oxygen atoms in total. The summed E-state index contributed by atoms with van der Waals surface area (Å²) < 4.78 is 10.9. The highest BCUT2D eigenvalue weighted by Gasteiger charge is 2.39. The van der Waals surface area contributed by atoms with Crippen molar-refractivity contribution >= 4 is 29.9 Å². The Labute approximate surface area is 301 Å². The number of hydrogen-bond donors (Lipinski definition) is 2. The molecule has 2 aromatic rings. The van der Waals surface area contributed by atoms with Gasteiger partial charge in [-0.2, -0.15) is 0 Å². The van der Waals surface area contributed by atoms with Crippen molar-refractivity contribution in [2.24, 2.45) is 5.41 Å². The van der Waals surface area contributed by atoms with Crippen LogP contribution in [0, 0.1) is 5.41 Å². The lowest BCUT2D eigenvalue weighted by Crippen LogP contribution is -2.39. The minimum absolute atomic E-state index is 0.0423. The third kappa shape index (κ3) is 13.3. The van der Waals surface area contributed by atoms with Gasteiger partial charge in [-0.3, -0.25) is 14.4 Å². The number of carbonyl (C=O) groups excluding carboxylic acids is 3. The molecule has 266 valence electrons. The summed E-state index contributed by atoms with van der Waals surface area (Å²) in [6, 6.07) is 11.0. The van der Waals surface area contributed by atoms with Crippen molar-refractivity contribution in [3.8, 4) is 17.2 Å². The number of ether oxygens (including phenoxy) is 2. The topological polar surface area (TPSA) is 110 Å². The second-order valence-electron chi connectivity index (χ2n) is 13.1. The van der Waals surface area contributed by atoms with Gasteiger partial charge in [0.25, 0.3) is 0 Å².